The molecule has 3 aromatic rings. The van der Waals surface area contributed by atoms with E-state index in [2.05, 4.69) is 97.4 Å². The molecule has 3 aromatic carbocycles. The van der Waals surface area contributed by atoms with Crippen LogP contribution in [-0.4, -0.2) is 50.2 Å². The molecular weight excluding hydrogens is 594 g/mol. The zero-order chi connectivity index (χ0) is 26.6. The van der Waals surface area contributed by atoms with Gasteiger partial charge in [-0.15, -0.1) is 0 Å². The van der Waals surface area contributed by atoms with Crippen LogP contribution in [0.25, 0.3) is 10.8 Å². The van der Waals surface area contributed by atoms with Crippen LogP contribution in [0.4, 0.5) is 11.4 Å². The Morgan fingerprint density at radius 3 is 2.42 bits per heavy atom. The van der Waals surface area contributed by atoms with E-state index in [-0.39, 0.29) is 20.9 Å². The van der Waals surface area contributed by atoms with Crippen LogP contribution in [0.3, 0.4) is 0 Å². The first-order valence-electron chi connectivity index (χ1n) is 12.6. The number of anilines is 2. The van der Waals surface area contributed by atoms with E-state index in [1.165, 1.54) is 53.4 Å². The Labute approximate surface area is 244 Å². The summed E-state index contributed by atoms with van der Waals surface area (Å²) in [6.07, 6.45) is 4.43. The number of carbonyl (C=O) groups is 1. The van der Waals surface area contributed by atoms with Crippen molar-refractivity contribution in [1.29, 1.82) is 0 Å². The van der Waals surface area contributed by atoms with E-state index in [0.29, 0.717) is 15.8 Å². The summed E-state index contributed by atoms with van der Waals surface area (Å²) in [7, 11) is 2.15. The summed E-state index contributed by atoms with van der Waals surface area (Å²) >= 11 is 8.91. The monoisotopic (exact) mass is 621 g/mol. The zero-order valence-electron chi connectivity index (χ0n) is 21.6. The van der Waals surface area contributed by atoms with E-state index in [4.69, 9.17) is 12.2 Å². The second kappa shape index (κ2) is 10.2. The van der Waals surface area contributed by atoms with Gasteiger partial charge in [0.1, 0.15) is 0 Å². The van der Waals surface area contributed by atoms with Gasteiger partial charge in [-0.1, -0.05) is 0 Å². The average Bonchev–Trinajstić information content (AvgIpc) is 3.53. The fourth-order valence-electron chi connectivity index (χ4n) is 5.12. The number of para-hydroxylation sites is 1. The van der Waals surface area contributed by atoms with Crippen molar-refractivity contribution in [2.24, 2.45) is 0 Å². The minimum absolute atomic E-state index is 0.00159. The second-order valence-electron chi connectivity index (χ2n) is 9.23. The molecule has 0 unspecified atom stereocenters. The van der Waals surface area contributed by atoms with E-state index in [1.54, 1.807) is 16.7 Å². The number of nitrogens with zero attached hydrogens (tertiary/aromatic N) is 3. The van der Waals surface area contributed by atoms with E-state index < -0.39 is 0 Å². The first-order chi connectivity index (χ1) is 18.4. The van der Waals surface area contributed by atoms with Crippen molar-refractivity contribution in [2.75, 3.05) is 29.9 Å². The van der Waals surface area contributed by atoms with Gasteiger partial charge in [0.25, 0.3) is 0 Å². The molecule has 6 rings (SSSR count). The predicted octanol–water partition coefficient (Wildman–Crippen LogP) is 6.38. The summed E-state index contributed by atoms with van der Waals surface area (Å²) in [4.78, 5) is 21.8. The van der Waals surface area contributed by atoms with E-state index in [1.807, 2.05) is 6.92 Å². The number of likely N-dealkylation sites (N-methyl/N-ethyl adjacent to an activating group) is 1. The Hall–Kier alpha value is -2.48. The van der Waals surface area contributed by atoms with Gasteiger partial charge in [-0.3, -0.25) is 0 Å². The molecule has 8 heteroatoms. The first kappa shape index (κ1) is 25.8. The first-order valence-corrected chi connectivity index (χ1v) is 16.4. The number of amides is 1. The molecule has 1 saturated heterocycles. The Kier molecular flexibility index (Phi) is 6.95. The van der Waals surface area contributed by atoms with E-state index in [9.17, 15) is 4.79 Å². The number of hydrogen-bond acceptors (Lipinski definition) is 6. The summed E-state index contributed by atoms with van der Waals surface area (Å²) in [6.45, 7) is 7.78. The fraction of sp³-hybridized carbons (Fsp3) is 0.200. The maximum atomic E-state index is 13.5. The van der Waals surface area contributed by atoms with Crippen LogP contribution >= 0.6 is 35.7 Å². The Morgan fingerprint density at radius 2 is 1.68 bits per heavy atom. The molecule has 1 fully saturated rings. The molecule has 0 N–H and O–H groups in total. The van der Waals surface area contributed by atoms with Crippen LogP contribution in [0, 0.1) is 6.92 Å². The van der Waals surface area contributed by atoms with Crippen molar-refractivity contribution >= 4 is 87.5 Å². The number of fused-ring (bicyclic) bond motifs is 4. The number of benzene rings is 3. The molecule has 3 heterocycles. The number of hydrogen-bond donors (Lipinski definition) is 0. The van der Waals surface area contributed by atoms with Crippen LogP contribution in [0.2, 0.25) is 0 Å². The van der Waals surface area contributed by atoms with Crippen LogP contribution in [0.1, 0.15) is 19.4 Å². The van der Waals surface area contributed by atoms with E-state index in [0.717, 1.165) is 17.1 Å². The number of thioether (sulfide) groups is 2. The number of carbonyl (C=O) groups excluding carboxylic acids is 1. The third kappa shape index (κ3) is 4.23. The maximum absolute atomic E-state index is 13.5. The van der Waals surface area contributed by atoms with Gasteiger partial charge < -0.3 is 0 Å². The molecule has 4 nitrogen and oxygen atoms in total. The normalized spacial score (nSPS) is 20.4. The summed E-state index contributed by atoms with van der Waals surface area (Å²) in [5, 5.41) is 3.71. The molecular formula is C30H27N3OS3Se. The Balaban J connectivity index is 1.49. The van der Waals surface area contributed by atoms with Crippen LogP contribution in [-0.2, 0) is 4.79 Å². The van der Waals surface area contributed by atoms with Gasteiger partial charge >= 0.3 is 245 Å². The van der Waals surface area contributed by atoms with Gasteiger partial charge in [-0.25, -0.2) is 0 Å². The summed E-state index contributed by atoms with van der Waals surface area (Å²) < 4.78 is 3.25. The van der Waals surface area contributed by atoms with Gasteiger partial charge in [0.05, 0.1) is 0 Å². The molecule has 0 atom stereocenters. The molecule has 1 amide bonds. The standard InChI is InChI=1S/C30H27N3OS3Se/c1-5-32-22-13-9-10-14-23(22)36-25(32)16-19(28-29(34)33(6-2)30(35)37-28)17-26-31(4)27-21-12-8-7-11-20(21)18(3)15-24(27)38-26/h7-17H,5-6H2,1-4H3. The fourth-order valence-corrected chi connectivity index (χ4v) is 10.2. The van der Waals surface area contributed by atoms with Crippen LogP contribution in [0.5, 0.6) is 0 Å². The molecule has 3 aliphatic rings. The number of aryl methyl sites for hydroxylation is 1. The SMILES string of the molecule is CCN1C(=O)C(=C(C=C2[Se]c3cc(C)c4ccccc4c3N2C)C=C2Sc3ccccc3N2CC)SC1=S. The molecule has 0 aliphatic carbocycles. The molecule has 38 heavy (non-hydrogen) atoms. The zero-order valence-corrected chi connectivity index (χ0v) is 25.8. The molecule has 192 valence electrons. The molecule has 0 saturated carbocycles. The van der Waals surface area contributed by atoms with Crippen molar-refractivity contribution in [1.82, 2.24) is 4.90 Å². The quantitative estimate of drug-likeness (QED) is 0.191. The van der Waals surface area contributed by atoms with E-state index >= 15 is 0 Å². The molecule has 3 aliphatic heterocycles. The Morgan fingerprint density at radius 1 is 0.974 bits per heavy atom. The summed E-state index contributed by atoms with van der Waals surface area (Å²) in [6, 6.07) is 19.5. The van der Waals surface area contributed by atoms with Crippen molar-refractivity contribution < 1.29 is 4.79 Å². The number of rotatable bonds is 4. The molecule has 0 bridgehead atoms. The minimum atomic E-state index is 0.00159. The Bertz CT molecular complexity index is 1610. The van der Waals surface area contributed by atoms with Crippen molar-refractivity contribution in [2.45, 2.75) is 25.7 Å². The van der Waals surface area contributed by atoms with Crippen LogP contribution < -0.4 is 14.3 Å². The van der Waals surface area contributed by atoms with Crippen molar-refractivity contribution in [3.63, 3.8) is 0 Å². The van der Waals surface area contributed by atoms with Gasteiger partial charge in [0, 0.05) is 0 Å². The van der Waals surface area contributed by atoms with Gasteiger partial charge in [-0.2, -0.15) is 0 Å². The topological polar surface area (TPSA) is 26.8 Å². The molecule has 0 aromatic heterocycles. The van der Waals surface area contributed by atoms with Crippen molar-refractivity contribution in [3.05, 3.63) is 92.4 Å². The number of allylic oxidation sites excluding steroid dienone is 3. The van der Waals surface area contributed by atoms with Crippen LogP contribution in [0.15, 0.2) is 91.7 Å². The van der Waals surface area contributed by atoms with Gasteiger partial charge in [0.2, 0.25) is 0 Å². The van der Waals surface area contributed by atoms with Crippen molar-refractivity contribution in [3.8, 4) is 0 Å². The third-order valence-electron chi connectivity index (χ3n) is 7.01. The predicted molar refractivity (Wildman–Crippen MR) is 169 cm³/mol. The summed E-state index contributed by atoms with van der Waals surface area (Å²) in [5.41, 5.74) is 4.74. The van der Waals surface area contributed by atoms with Gasteiger partial charge in [-0.05, 0) is 0 Å². The second-order valence-corrected chi connectivity index (χ2v) is 14.2. The number of thiocarbonyl (C=S) groups is 1. The van der Waals surface area contributed by atoms with Gasteiger partial charge in [0.15, 0.2) is 0 Å². The third-order valence-corrected chi connectivity index (χ3v) is 12.0. The summed E-state index contributed by atoms with van der Waals surface area (Å²) in [5.74, 6) is 0.00159. The average molecular weight is 621 g/mol. The molecule has 0 spiro atoms. The molecule has 0 radical (unpaired) electrons.